The lowest BCUT2D eigenvalue weighted by atomic mass is 9.96. The van der Waals surface area contributed by atoms with Gasteiger partial charge in [0.2, 0.25) is 0 Å². The van der Waals surface area contributed by atoms with E-state index in [0.717, 1.165) is 25.7 Å². The zero-order valence-electron chi connectivity index (χ0n) is 12.5. The van der Waals surface area contributed by atoms with Gasteiger partial charge in [-0.05, 0) is 39.5 Å². The van der Waals surface area contributed by atoms with Gasteiger partial charge in [0.1, 0.15) is 5.54 Å². The van der Waals surface area contributed by atoms with Crippen LogP contribution in [0, 0.1) is 0 Å². The molecule has 0 spiro atoms. The highest BCUT2D eigenvalue weighted by Crippen LogP contribution is 2.25. The van der Waals surface area contributed by atoms with Crippen molar-refractivity contribution in [2.45, 2.75) is 57.2 Å². The van der Waals surface area contributed by atoms with Crippen molar-refractivity contribution < 1.29 is 19.0 Å². The third-order valence-corrected chi connectivity index (χ3v) is 3.36. The summed E-state index contributed by atoms with van der Waals surface area (Å²) < 4.78 is 15.5. The van der Waals surface area contributed by atoms with Gasteiger partial charge in [0.25, 0.3) is 0 Å². The van der Waals surface area contributed by atoms with Gasteiger partial charge >= 0.3 is 5.97 Å². The summed E-state index contributed by atoms with van der Waals surface area (Å²) in [7, 11) is 3.10. The van der Waals surface area contributed by atoms with Crippen LogP contribution < -0.4 is 5.32 Å². The number of hydrogen-bond donors (Lipinski definition) is 1. The lowest BCUT2D eigenvalue weighted by Crippen LogP contribution is -2.51. The molecule has 112 valence electrons. The maximum absolute atomic E-state index is 11.9. The minimum atomic E-state index is -0.593. The van der Waals surface area contributed by atoms with Gasteiger partial charge < -0.3 is 14.2 Å². The van der Waals surface area contributed by atoms with E-state index >= 15 is 0 Å². The molecule has 1 aliphatic rings. The molecule has 19 heavy (non-hydrogen) atoms. The minimum Gasteiger partial charge on any atom is -0.468 e. The van der Waals surface area contributed by atoms with Crippen LogP contribution in [0.25, 0.3) is 0 Å². The third kappa shape index (κ3) is 5.89. The molecular formula is C14H27NO4. The fraction of sp³-hybridized carbons (Fsp3) is 0.929. The molecule has 0 aliphatic heterocycles. The van der Waals surface area contributed by atoms with E-state index in [-0.39, 0.29) is 12.1 Å². The first-order valence-corrected chi connectivity index (χ1v) is 6.98. The van der Waals surface area contributed by atoms with Crippen LogP contribution in [-0.2, 0) is 19.0 Å². The summed E-state index contributed by atoms with van der Waals surface area (Å²) in [6.07, 6.45) is 3.92. The maximum Gasteiger partial charge on any atom is 0.325 e. The molecule has 2 unspecified atom stereocenters. The average Bonchev–Trinajstić information content (AvgIpc) is 3.17. The van der Waals surface area contributed by atoms with Gasteiger partial charge in [0.05, 0.1) is 19.8 Å². The number of ether oxygens (including phenoxy) is 3. The van der Waals surface area contributed by atoms with E-state index in [1.807, 2.05) is 13.8 Å². The minimum absolute atomic E-state index is 0.0887. The molecule has 0 amide bonds. The lowest BCUT2D eigenvalue weighted by molar-refractivity contribution is -0.148. The molecule has 0 radical (unpaired) electrons. The topological polar surface area (TPSA) is 56.8 Å². The van der Waals surface area contributed by atoms with E-state index < -0.39 is 5.54 Å². The van der Waals surface area contributed by atoms with Crippen molar-refractivity contribution in [2.75, 3.05) is 27.4 Å². The molecule has 0 aromatic heterocycles. The van der Waals surface area contributed by atoms with Crippen molar-refractivity contribution in [2.24, 2.45) is 0 Å². The molecule has 0 saturated heterocycles. The Balaban J connectivity index is 2.30. The number of carbonyl (C=O) groups is 1. The van der Waals surface area contributed by atoms with E-state index in [9.17, 15) is 4.79 Å². The molecule has 1 fully saturated rings. The molecular weight excluding hydrogens is 246 g/mol. The smallest absolute Gasteiger partial charge is 0.325 e. The van der Waals surface area contributed by atoms with Gasteiger partial charge in [-0.3, -0.25) is 10.1 Å². The second-order valence-electron chi connectivity index (χ2n) is 5.48. The molecule has 0 aromatic carbocycles. The number of carbonyl (C=O) groups excluding carboxylic acids is 1. The first-order valence-electron chi connectivity index (χ1n) is 6.98. The Hall–Kier alpha value is -0.650. The lowest BCUT2D eigenvalue weighted by Gasteiger charge is -2.28. The van der Waals surface area contributed by atoms with E-state index in [1.54, 1.807) is 7.11 Å². The maximum atomic E-state index is 11.9. The molecule has 5 nitrogen and oxygen atoms in total. The fourth-order valence-electron chi connectivity index (χ4n) is 2.13. The van der Waals surface area contributed by atoms with Crippen molar-refractivity contribution in [3.05, 3.63) is 0 Å². The van der Waals surface area contributed by atoms with Crippen molar-refractivity contribution in [1.29, 1.82) is 0 Å². The molecule has 5 heteroatoms. The summed E-state index contributed by atoms with van der Waals surface area (Å²) in [5, 5.41) is 3.38. The number of esters is 1. The quantitative estimate of drug-likeness (QED) is 0.483. The van der Waals surface area contributed by atoms with E-state index in [2.05, 4.69) is 5.32 Å². The predicted octanol–water partition coefficient (Wildman–Crippen LogP) is 1.50. The normalized spacial score (nSPS) is 19.8. The highest BCUT2D eigenvalue weighted by atomic mass is 16.5. The van der Waals surface area contributed by atoms with Gasteiger partial charge in [0, 0.05) is 19.8 Å². The SMILES string of the molecule is COCC(C)OCCCC(C)(NC1CC1)C(=O)OC. The van der Waals surface area contributed by atoms with Gasteiger partial charge in [-0.1, -0.05) is 0 Å². The molecule has 1 saturated carbocycles. The van der Waals surface area contributed by atoms with Crippen LogP contribution >= 0.6 is 0 Å². The summed E-state index contributed by atoms with van der Waals surface area (Å²) in [6, 6.07) is 0.470. The Morgan fingerprint density at radius 3 is 2.63 bits per heavy atom. The van der Waals surface area contributed by atoms with Crippen molar-refractivity contribution in [1.82, 2.24) is 5.32 Å². The fourth-order valence-corrected chi connectivity index (χ4v) is 2.13. The van der Waals surface area contributed by atoms with E-state index in [0.29, 0.717) is 19.3 Å². The van der Waals surface area contributed by atoms with Gasteiger partial charge in [-0.15, -0.1) is 0 Å². The van der Waals surface area contributed by atoms with Gasteiger partial charge in [0.15, 0.2) is 0 Å². The third-order valence-electron chi connectivity index (χ3n) is 3.36. The highest BCUT2D eigenvalue weighted by Gasteiger charge is 2.38. The van der Waals surface area contributed by atoms with Crippen molar-refractivity contribution >= 4 is 5.97 Å². The highest BCUT2D eigenvalue weighted by molar-refractivity contribution is 5.80. The van der Waals surface area contributed by atoms with Crippen LogP contribution in [-0.4, -0.2) is 51.1 Å². The van der Waals surface area contributed by atoms with Crippen LogP contribution in [0.15, 0.2) is 0 Å². The Bertz CT molecular complexity index is 281. The zero-order valence-corrected chi connectivity index (χ0v) is 12.5. The monoisotopic (exact) mass is 273 g/mol. The number of rotatable bonds is 10. The zero-order chi connectivity index (χ0) is 14.3. The van der Waals surface area contributed by atoms with Crippen LogP contribution in [0.4, 0.5) is 0 Å². The van der Waals surface area contributed by atoms with Crippen LogP contribution in [0.3, 0.4) is 0 Å². The van der Waals surface area contributed by atoms with Crippen molar-refractivity contribution in [3.8, 4) is 0 Å². The molecule has 1 N–H and O–H groups in total. The van der Waals surface area contributed by atoms with E-state index in [4.69, 9.17) is 14.2 Å². The predicted molar refractivity (Wildman–Crippen MR) is 73.1 cm³/mol. The van der Waals surface area contributed by atoms with E-state index in [1.165, 1.54) is 7.11 Å². The molecule has 1 aliphatic carbocycles. The summed E-state index contributed by atoms with van der Waals surface area (Å²) in [5.74, 6) is -0.190. The first kappa shape index (κ1) is 16.4. The second-order valence-corrected chi connectivity index (χ2v) is 5.48. The number of hydrogen-bond acceptors (Lipinski definition) is 5. The molecule has 0 aromatic rings. The number of nitrogens with one attached hydrogen (secondary N) is 1. The summed E-state index contributed by atoms with van der Waals surface area (Å²) >= 11 is 0. The summed E-state index contributed by atoms with van der Waals surface area (Å²) in [6.45, 7) is 5.11. The Morgan fingerprint density at radius 2 is 2.11 bits per heavy atom. The second kappa shape index (κ2) is 7.82. The molecule has 1 rings (SSSR count). The standard InChI is InChI=1S/C14H27NO4/c1-11(10-17-3)19-9-5-8-14(2,13(16)18-4)15-12-6-7-12/h11-12,15H,5-10H2,1-4H3. The van der Waals surface area contributed by atoms with Crippen LogP contribution in [0.2, 0.25) is 0 Å². The number of methoxy groups -OCH3 is 2. The van der Waals surface area contributed by atoms with Crippen molar-refractivity contribution in [3.63, 3.8) is 0 Å². The Kier molecular flexibility index (Phi) is 6.75. The van der Waals surface area contributed by atoms with Crippen LogP contribution in [0.1, 0.15) is 39.5 Å². The molecule has 2 atom stereocenters. The van der Waals surface area contributed by atoms with Crippen LogP contribution in [0.5, 0.6) is 0 Å². The Labute approximate surface area is 116 Å². The molecule has 0 heterocycles. The average molecular weight is 273 g/mol. The Morgan fingerprint density at radius 1 is 1.42 bits per heavy atom. The largest absolute Gasteiger partial charge is 0.468 e. The summed E-state index contributed by atoms with van der Waals surface area (Å²) in [5.41, 5.74) is -0.593. The summed E-state index contributed by atoms with van der Waals surface area (Å²) in [4.78, 5) is 11.9. The first-order chi connectivity index (χ1) is 9.01. The molecule has 0 bridgehead atoms. The van der Waals surface area contributed by atoms with Gasteiger partial charge in [-0.2, -0.15) is 0 Å². The van der Waals surface area contributed by atoms with Gasteiger partial charge in [-0.25, -0.2) is 0 Å².